The molecule has 0 saturated carbocycles. The monoisotopic (exact) mass is 311 g/mol. The fourth-order valence-corrected chi connectivity index (χ4v) is 4.02. The molecule has 0 radical (unpaired) electrons. The summed E-state index contributed by atoms with van der Waals surface area (Å²) in [5.41, 5.74) is 7.16. The molecule has 1 fully saturated rings. The average Bonchev–Trinajstić information content (AvgIpc) is 2.97. The Bertz CT molecular complexity index is 566. The maximum absolute atomic E-state index is 12.4. The van der Waals surface area contributed by atoms with E-state index in [1.807, 2.05) is 6.07 Å². The summed E-state index contributed by atoms with van der Waals surface area (Å²) in [7, 11) is -3.44. The number of nitrogens with two attached hydrogens (primary N) is 1. The zero-order valence-corrected chi connectivity index (χ0v) is 13.5. The van der Waals surface area contributed by atoms with E-state index in [0.717, 1.165) is 37.2 Å². The highest BCUT2D eigenvalue weighted by Gasteiger charge is 2.17. The molecule has 1 aromatic carbocycles. The van der Waals surface area contributed by atoms with Gasteiger partial charge in [0.25, 0.3) is 0 Å². The van der Waals surface area contributed by atoms with Crippen LogP contribution in [0.4, 0.5) is 0 Å². The smallest absolute Gasteiger partial charge is 0.240 e. The number of nitrogens with one attached hydrogen (secondary N) is 1. The molecule has 0 aliphatic carbocycles. The largest absolute Gasteiger partial charge is 0.326 e. The first-order valence-corrected chi connectivity index (χ1v) is 9.03. The maximum atomic E-state index is 12.4. The highest BCUT2D eigenvalue weighted by atomic mass is 32.2. The fourth-order valence-electron chi connectivity index (χ4n) is 2.65. The van der Waals surface area contributed by atoms with Gasteiger partial charge in [-0.05, 0) is 63.0 Å². The van der Waals surface area contributed by atoms with Crippen LogP contribution in [0.2, 0.25) is 0 Å². The number of aryl methyl sites for hydroxylation is 1. The molecule has 0 aromatic heterocycles. The van der Waals surface area contributed by atoms with Crippen LogP contribution in [0.15, 0.2) is 23.1 Å². The Balaban J connectivity index is 1.91. The van der Waals surface area contributed by atoms with Gasteiger partial charge in [0.15, 0.2) is 0 Å². The molecule has 1 aromatic rings. The van der Waals surface area contributed by atoms with Crippen molar-refractivity contribution >= 4 is 10.0 Å². The second-order valence-corrected chi connectivity index (χ2v) is 7.34. The molecule has 2 rings (SSSR count). The topological polar surface area (TPSA) is 75.4 Å². The number of nitrogens with zero attached hydrogens (tertiary/aromatic N) is 1. The molecule has 21 heavy (non-hydrogen) atoms. The van der Waals surface area contributed by atoms with Crippen molar-refractivity contribution in [3.8, 4) is 0 Å². The number of benzene rings is 1. The lowest BCUT2D eigenvalue weighted by Crippen LogP contribution is -2.29. The first-order valence-electron chi connectivity index (χ1n) is 7.54. The van der Waals surface area contributed by atoms with Crippen LogP contribution in [-0.2, 0) is 16.6 Å². The first kappa shape index (κ1) is 16.4. The molecule has 1 saturated heterocycles. The summed E-state index contributed by atoms with van der Waals surface area (Å²) in [6.45, 7) is 5.88. The van der Waals surface area contributed by atoms with E-state index in [2.05, 4.69) is 9.62 Å². The first-order chi connectivity index (χ1) is 10.0. The van der Waals surface area contributed by atoms with Crippen LogP contribution < -0.4 is 10.5 Å². The van der Waals surface area contributed by atoms with E-state index >= 15 is 0 Å². The second-order valence-electron chi connectivity index (χ2n) is 5.60. The van der Waals surface area contributed by atoms with E-state index in [1.54, 1.807) is 19.1 Å². The van der Waals surface area contributed by atoms with Gasteiger partial charge in [0.05, 0.1) is 4.90 Å². The minimum Gasteiger partial charge on any atom is -0.326 e. The Kier molecular flexibility index (Phi) is 5.75. The van der Waals surface area contributed by atoms with Crippen molar-refractivity contribution in [3.05, 3.63) is 29.3 Å². The summed E-state index contributed by atoms with van der Waals surface area (Å²) in [6, 6.07) is 5.33. The van der Waals surface area contributed by atoms with Gasteiger partial charge in [0.1, 0.15) is 0 Å². The van der Waals surface area contributed by atoms with Crippen molar-refractivity contribution in [2.75, 3.05) is 26.2 Å². The Morgan fingerprint density at radius 2 is 2.00 bits per heavy atom. The molecule has 1 heterocycles. The van der Waals surface area contributed by atoms with E-state index in [-0.39, 0.29) is 0 Å². The van der Waals surface area contributed by atoms with Crippen molar-refractivity contribution in [2.24, 2.45) is 5.73 Å². The van der Waals surface area contributed by atoms with Gasteiger partial charge < -0.3 is 10.6 Å². The molecule has 118 valence electrons. The second kappa shape index (κ2) is 7.35. The van der Waals surface area contributed by atoms with Crippen LogP contribution in [-0.4, -0.2) is 39.5 Å². The van der Waals surface area contributed by atoms with Gasteiger partial charge in [-0.15, -0.1) is 0 Å². The van der Waals surface area contributed by atoms with Crippen LogP contribution in [0, 0.1) is 6.92 Å². The number of hydrogen-bond donors (Lipinski definition) is 2. The van der Waals surface area contributed by atoms with E-state index in [9.17, 15) is 8.42 Å². The Morgan fingerprint density at radius 3 is 2.67 bits per heavy atom. The van der Waals surface area contributed by atoms with Crippen LogP contribution in [0.25, 0.3) is 0 Å². The summed E-state index contributed by atoms with van der Waals surface area (Å²) in [5.74, 6) is 0. The van der Waals surface area contributed by atoms with Crippen molar-refractivity contribution in [1.29, 1.82) is 0 Å². The van der Waals surface area contributed by atoms with E-state index in [0.29, 0.717) is 18.0 Å². The lowest BCUT2D eigenvalue weighted by atomic mass is 10.1. The summed E-state index contributed by atoms with van der Waals surface area (Å²) < 4.78 is 27.4. The Hall–Kier alpha value is -0.950. The van der Waals surface area contributed by atoms with Crippen molar-refractivity contribution in [3.63, 3.8) is 0 Å². The zero-order valence-electron chi connectivity index (χ0n) is 12.6. The lowest BCUT2D eigenvalue weighted by Gasteiger charge is -2.15. The van der Waals surface area contributed by atoms with E-state index in [4.69, 9.17) is 5.73 Å². The normalized spacial score (nSPS) is 16.5. The SMILES string of the molecule is Cc1ccc(CN)cc1S(=O)(=O)NCCCN1CCCC1. The standard InChI is InChI=1S/C15H25N3O2S/c1-13-5-6-14(12-16)11-15(13)21(19,20)17-7-4-10-18-8-2-3-9-18/h5-6,11,17H,2-4,7-10,12,16H2,1H3. The Morgan fingerprint density at radius 1 is 1.29 bits per heavy atom. The van der Waals surface area contributed by atoms with Crippen LogP contribution in [0.3, 0.4) is 0 Å². The number of sulfonamides is 1. The Labute approximate surface area is 127 Å². The van der Waals surface area contributed by atoms with Gasteiger partial charge in [-0.1, -0.05) is 12.1 Å². The summed E-state index contributed by atoms with van der Waals surface area (Å²) in [6.07, 6.45) is 3.36. The molecule has 0 amide bonds. The zero-order chi connectivity index (χ0) is 15.3. The van der Waals surface area contributed by atoms with Gasteiger partial charge in [0.2, 0.25) is 10.0 Å². The predicted octanol–water partition coefficient (Wildman–Crippen LogP) is 1.22. The van der Waals surface area contributed by atoms with Crippen molar-refractivity contribution in [2.45, 2.75) is 37.6 Å². The highest BCUT2D eigenvalue weighted by molar-refractivity contribution is 7.89. The van der Waals surface area contributed by atoms with Crippen molar-refractivity contribution in [1.82, 2.24) is 9.62 Å². The van der Waals surface area contributed by atoms with Gasteiger partial charge in [-0.2, -0.15) is 0 Å². The minimum atomic E-state index is -3.44. The van der Waals surface area contributed by atoms with Crippen LogP contribution in [0.5, 0.6) is 0 Å². The summed E-state index contributed by atoms with van der Waals surface area (Å²) >= 11 is 0. The third-order valence-electron chi connectivity index (χ3n) is 3.92. The molecule has 1 aliphatic rings. The molecule has 0 atom stereocenters. The van der Waals surface area contributed by atoms with Gasteiger partial charge in [0, 0.05) is 13.1 Å². The quantitative estimate of drug-likeness (QED) is 0.742. The summed E-state index contributed by atoms with van der Waals surface area (Å²) in [5, 5.41) is 0. The van der Waals surface area contributed by atoms with Crippen LogP contribution >= 0.6 is 0 Å². The molecule has 3 N–H and O–H groups in total. The molecular formula is C15H25N3O2S. The highest BCUT2D eigenvalue weighted by Crippen LogP contribution is 2.17. The number of likely N-dealkylation sites (tertiary alicyclic amines) is 1. The third kappa shape index (κ3) is 4.51. The lowest BCUT2D eigenvalue weighted by molar-refractivity contribution is 0.334. The summed E-state index contributed by atoms with van der Waals surface area (Å²) in [4.78, 5) is 2.72. The van der Waals surface area contributed by atoms with E-state index in [1.165, 1.54) is 12.8 Å². The molecular weight excluding hydrogens is 286 g/mol. The number of rotatable bonds is 7. The van der Waals surface area contributed by atoms with Crippen LogP contribution in [0.1, 0.15) is 30.4 Å². The molecule has 6 heteroatoms. The molecule has 0 bridgehead atoms. The number of hydrogen-bond acceptors (Lipinski definition) is 4. The van der Waals surface area contributed by atoms with Gasteiger partial charge >= 0.3 is 0 Å². The van der Waals surface area contributed by atoms with Gasteiger partial charge in [-0.25, -0.2) is 13.1 Å². The van der Waals surface area contributed by atoms with Crippen molar-refractivity contribution < 1.29 is 8.42 Å². The molecule has 0 spiro atoms. The van der Waals surface area contributed by atoms with Gasteiger partial charge in [-0.3, -0.25) is 0 Å². The maximum Gasteiger partial charge on any atom is 0.240 e. The van der Waals surface area contributed by atoms with E-state index < -0.39 is 10.0 Å². The molecule has 1 aliphatic heterocycles. The average molecular weight is 311 g/mol. The molecule has 0 unspecified atom stereocenters. The fraction of sp³-hybridized carbons (Fsp3) is 0.600. The third-order valence-corrected chi connectivity index (χ3v) is 5.52. The predicted molar refractivity (Wildman–Crippen MR) is 84.5 cm³/mol. The minimum absolute atomic E-state index is 0.339. The molecule has 5 nitrogen and oxygen atoms in total.